The minimum atomic E-state index is -0.132. The van der Waals surface area contributed by atoms with E-state index in [0.717, 1.165) is 18.4 Å². The Labute approximate surface area is 132 Å². The molecule has 0 aromatic heterocycles. The molecule has 2 aromatic rings. The first-order chi connectivity index (χ1) is 10.7. The number of rotatable bonds is 3. The molecule has 0 spiro atoms. The fourth-order valence-electron chi connectivity index (χ4n) is 3.62. The van der Waals surface area contributed by atoms with Crippen molar-refractivity contribution in [3.63, 3.8) is 0 Å². The molecule has 0 radical (unpaired) electrons. The van der Waals surface area contributed by atoms with Gasteiger partial charge in [-0.2, -0.15) is 0 Å². The zero-order valence-corrected chi connectivity index (χ0v) is 13.2. The Kier molecular flexibility index (Phi) is 4.02. The Morgan fingerprint density at radius 1 is 1.14 bits per heavy atom. The highest BCUT2D eigenvalue weighted by Gasteiger charge is 2.39. The van der Waals surface area contributed by atoms with Crippen LogP contribution in [-0.4, -0.2) is 12.6 Å². The molecule has 0 saturated heterocycles. The molecule has 1 aliphatic rings. The van der Waals surface area contributed by atoms with Crippen LogP contribution < -0.4 is 0 Å². The smallest absolute Gasteiger partial charge is 0.313 e. The lowest BCUT2D eigenvalue weighted by Gasteiger charge is -2.39. The van der Waals surface area contributed by atoms with Crippen LogP contribution in [0.3, 0.4) is 0 Å². The standard InChI is InChI=1S/C20H22O2/c1-3-22-19(21)17-13-14-20(2,15-9-5-4-6-10-15)18-12-8-7-11-16(17)18/h4-12,17H,3,13-14H2,1-2H3. The van der Waals surface area contributed by atoms with Crippen molar-refractivity contribution in [2.24, 2.45) is 0 Å². The van der Waals surface area contributed by atoms with Crippen LogP contribution in [0.4, 0.5) is 0 Å². The highest BCUT2D eigenvalue weighted by atomic mass is 16.5. The summed E-state index contributed by atoms with van der Waals surface area (Å²) in [5.74, 6) is -0.224. The fourth-order valence-corrected chi connectivity index (χ4v) is 3.62. The van der Waals surface area contributed by atoms with E-state index in [0.29, 0.717) is 6.61 Å². The van der Waals surface area contributed by atoms with Crippen LogP contribution in [0.5, 0.6) is 0 Å². The summed E-state index contributed by atoms with van der Waals surface area (Å²) in [4.78, 5) is 12.3. The van der Waals surface area contributed by atoms with E-state index in [1.807, 2.05) is 19.1 Å². The summed E-state index contributed by atoms with van der Waals surface area (Å²) >= 11 is 0. The van der Waals surface area contributed by atoms with Crippen LogP contribution in [0.2, 0.25) is 0 Å². The SMILES string of the molecule is CCOC(=O)C1CCC(C)(c2ccccc2)c2ccccc21. The number of esters is 1. The fraction of sp³-hybridized carbons (Fsp3) is 0.350. The lowest BCUT2D eigenvalue weighted by molar-refractivity contribution is -0.145. The molecule has 114 valence electrons. The Bertz CT molecular complexity index is 662. The molecule has 2 unspecified atom stereocenters. The van der Waals surface area contributed by atoms with Gasteiger partial charge in [-0.25, -0.2) is 0 Å². The normalized spacial score (nSPS) is 23.6. The van der Waals surface area contributed by atoms with Crippen LogP contribution >= 0.6 is 0 Å². The summed E-state index contributed by atoms with van der Waals surface area (Å²) in [5.41, 5.74) is 3.65. The van der Waals surface area contributed by atoms with Gasteiger partial charge in [0.05, 0.1) is 12.5 Å². The molecule has 2 atom stereocenters. The molecule has 1 aliphatic carbocycles. The topological polar surface area (TPSA) is 26.3 Å². The third kappa shape index (κ3) is 2.43. The van der Waals surface area contributed by atoms with Crippen molar-refractivity contribution in [2.45, 2.75) is 38.0 Å². The first-order valence-electron chi connectivity index (χ1n) is 7.98. The van der Waals surface area contributed by atoms with Gasteiger partial charge in [0, 0.05) is 5.41 Å². The van der Waals surface area contributed by atoms with Crippen LogP contribution in [0, 0.1) is 0 Å². The molecule has 0 amide bonds. The molecular weight excluding hydrogens is 272 g/mol. The highest BCUT2D eigenvalue weighted by Crippen LogP contribution is 2.46. The highest BCUT2D eigenvalue weighted by molar-refractivity contribution is 5.79. The minimum absolute atomic E-state index is 0.0408. The first-order valence-corrected chi connectivity index (χ1v) is 7.98. The number of hydrogen-bond donors (Lipinski definition) is 0. The quantitative estimate of drug-likeness (QED) is 0.783. The van der Waals surface area contributed by atoms with Gasteiger partial charge >= 0.3 is 5.97 Å². The monoisotopic (exact) mass is 294 g/mol. The van der Waals surface area contributed by atoms with Crippen molar-refractivity contribution in [1.82, 2.24) is 0 Å². The predicted molar refractivity (Wildman–Crippen MR) is 87.9 cm³/mol. The zero-order chi connectivity index (χ0) is 15.6. The molecule has 2 aromatic carbocycles. The average Bonchev–Trinajstić information content (AvgIpc) is 2.56. The molecular formula is C20H22O2. The van der Waals surface area contributed by atoms with E-state index in [9.17, 15) is 4.79 Å². The minimum Gasteiger partial charge on any atom is -0.466 e. The van der Waals surface area contributed by atoms with E-state index in [4.69, 9.17) is 4.74 Å². The van der Waals surface area contributed by atoms with E-state index in [1.165, 1.54) is 11.1 Å². The zero-order valence-electron chi connectivity index (χ0n) is 13.2. The van der Waals surface area contributed by atoms with Gasteiger partial charge in [0.2, 0.25) is 0 Å². The summed E-state index contributed by atoms with van der Waals surface area (Å²) in [6.45, 7) is 4.58. The van der Waals surface area contributed by atoms with E-state index in [2.05, 4.69) is 49.4 Å². The van der Waals surface area contributed by atoms with Gasteiger partial charge in [-0.15, -0.1) is 0 Å². The molecule has 2 nitrogen and oxygen atoms in total. The molecule has 0 heterocycles. The Hall–Kier alpha value is -2.09. The number of ether oxygens (including phenoxy) is 1. The Balaban J connectivity index is 2.07. The molecule has 22 heavy (non-hydrogen) atoms. The van der Waals surface area contributed by atoms with Crippen molar-refractivity contribution >= 4 is 5.97 Å². The van der Waals surface area contributed by atoms with Crippen molar-refractivity contribution in [2.75, 3.05) is 6.61 Å². The van der Waals surface area contributed by atoms with E-state index in [-0.39, 0.29) is 17.3 Å². The van der Waals surface area contributed by atoms with Gasteiger partial charge in [-0.3, -0.25) is 4.79 Å². The van der Waals surface area contributed by atoms with Gasteiger partial charge in [0.15, 0.2) is 0 Å². The maximum Gasteiger partial charge on any atom is 0.313 e. The van der Waals surface area contributed by atoms with E-state index in [1.54, 1.807) is 0 Å². The van der Waals surface area contributed by atoms with Gasteiger partial charge < -0.3 is 4.74 Å². The maximum atomic E-state index is 12.3. The van der Waals surface area contributed by atoms with Crippen LogP contribution in [0.1, 0.15) is 49.3 Å². The lowest BCUT2D eigenvalue weighted by Crippen LogP contribution is -2.33. The molecule has 0 N–H and O–H groups in total. The first kappa shape index (κ1) is 14.8. The maximum absolute atomic E-state index is 12.3. The lowest BCUT2D eigenvalue weighted by atomic mass is 9.64. The van der Waals surface area contributed by atoms with Crippen molar-refractivity contribution in [3.8, 4) is 0 Å². The molecule has 0 fully saturated rings. The Morgan fingerprint density at radius 3 is 2.55 bits per heavy atom. The summed E-state index contributed by atoms with van der Waals surface area (Å²) in [6.07, 6.45) is 1.79. The predicted octanol–water partition coefficient (Wildman–Crippen LogP) is 4.43. The number of carbonyl (C=O) groups is 1. The largest absolute Gasteiger partial charge is 0.466 e. The molecule has 0 bridgehead atoms. The molecule has 2 heteroatoms. The second-order valence-electron chi connectivity index (χ2n) is 6.13. The Morgan fingerprint density at radius 2 is 1.82 bits per heavy atom. The summed E-state index contributed by atoms with van der Waals surface area (Å²) in [6, 6.07) is 18.9. The van der Waals surface area contributed by atoms with Crippen LogP contribution in [0.15, 0.2) is 54.6 Å². The third-order valence-corrected chi connectivity index (χ3v) is 4.85. The van der Waals surface area contributed by atoms with Gasteiger partial charge in [0.25, 0.3) is 0 Å². The molecule has 0 saturated carbocycles. The van der Waals surface area contributed by atoms with Crippen molar-refractivity contribution < 1.29 is 9.53 Å². The number of benzene rings is 2. The average molecular weight is 294 g/mol. The van der Waals surface area contributed by atoms with Crippen LogP contribution in [-0.2, 0) is 14.9 Å². The van der Waals surface area contributed by atoms with E-state index >= 15 is 0 Å². The van der Waals surface area contributed by atoms with Gasteiger partial charge in [0.1, 0.15) is 0 Å². The third-order valence-electron chi connectivity index (χ3n) is 4.85. The molecule has 3 rings (SSSR count). The summed E-state index contributed by atoms with van der Waals surface area (Å²) in [7, 11) is 0. The summed E-state index contributed by atoms with van der Waals surface area (Å²) in [5, 5.41) is 0. The van der Waals surface area contributed by atoms with Crippen LogP contribution in [0.25, 0.3) is 0 Å². The van der Waals surface area contributed by atoms with E-state index < -0.39 is 0 Å². The number of fused-ring (bicyclic) bond motifs is 1. The number of carbonyl (C=O) groups excluding carboxylic acids is 1. The summed E-state index contributed by atoms with van der Waals surface area (Å²) < 4.78 is 5.27. The second-order valence-corrected chi connectivity index (χ2v) is 6.13. The second kappa shape index (κ2) is 5.96. The molecule has 0 aliphatic heterocycles. The van der Waals surface area contributed by atoms with Crippen molar-refractivity contribution in [3.05, 3.63) is 71.3 Å². The van der Waals surface area contributed by atoms with Gasteiger partial charge in [-0.05, 0) is 36.5 Å². The number of hydrogen-bond acceptors (Lipinski definition) is 2. The van der Waals surface area contributed by atoms with Gasteiger partial charge in [-0.1, -0.05) is 61.5 Å². The van der Waals surface area contributed by atoms with Crippen molar-refractivity contribution in [1.29, 1.82) is 0 Å².